The highest BCUT2D eigenvalue weighted by Gasteiger charge is 2.41. The second-order valence-electron chi connectivity index (χ2n) is 8.86. The molecule has 1 aliphatic heterocycles. The number of aryl methyl sites for hydroxylation is 1. The highest BCUT2D eigenvalue weighted by molar-refractivity contribution is 7.80. The Morgan fingerprint density at radius 1 is 1.06 bits per heavy atom. The lowest BCUT2D eigenvalue weighted by atomic mass is 9.96. The minimum absolute atomic E-state index is 0.0510. The minimum atomic E-state index is -0.140. The van der Waals surface area contributed by atoms with E-state index in [1.165, 1.54) is 0 Å². The fourth-order valence-corrected chi connectivity index (χ4v) is 5.25. The minimum Gasteiger partial charge on any atom is -0.352 e. The number of pyridine rings is 2. The number of carbonyl (C=O) groups is 1. The van der Waals surface area contributed by atoms with E-state index in [1.807, 2.05) is 60.8 Å². The number of carbonyl (C=O) groups excluding carboxylic acids is 1. The van der Waals surface area contributed by atoms with Gasteiger partial charge in [0, 0.05) is 42.4 Å². The summed E-state index contributed by atoms with van der Waals surface area (Å²) >= 11 is 5.79. The molecule has 3 aromatic heterocycles. The van der Waals surface area contributed by atoms with E-state index in [-0.39, 0.29) is 18.0 Å². The fraction of sp³-hybridized carbons (Fsp3) is 0.214. The van der Waals surface area contributed by atoms with Crippen molar-refractivity contribution >= 4 is 28.9 Å². The van der Waals surface area contributed by atoms with Gasteiger partial charge in [0.05, 0.1) is 29.7 Å². The zero-order chi connectivity index (χ0) is 25.1. The van der Waals surface area contributed by atoms with Crippen molar-refractivity contribution in [2.75, 3.05) is 11.9 Å². The van der Waals surface area contributed by atoms with Crippen LogP contribution < -0.4 is 10.6 Å². The van der Waals surface area contributed by atoms with Crippen molar-refractivity contribution in [1.29, 1.82) is 0 Å². The van der Waals surface area contributed by atoms with E-state index in [9.17, 15) is 4.79 Å². The molecule has 0 unspecified atom stereocenters. The second-order valence-corrected chi connectivity index (χ2v) is 9.24. The Hall–Kier alpha value is -4.04. The smallest absolute Gasteiger partial charge is 0.226 e. The number of hydrogen-bond acceptors (Lipinski definition) is 4. The molecule has 0 spiro atoms. The summed E-state index contributed by atoms with van der Waals surface area (Å²) in [4.78, 5) is 23.8. The van der Waals surface area contributed by atoms with E-state index in [1.54, 1.807) is 12.4 Å². The van der Waals surface area contributed by atoms with Gasteiger partial charge in [-0.3, -0.25) is 14.8 Å². The number of thiocarbonyl (C=S) groups is 1. The molecule has 2 N–H and O–H groups in total. The predicted octanol–water partition coefficient (Wildman–Crippen LogP) is 4.89. The van der Waals surface area contributed by atoms with E-state index in [0.717, 1.165) is 34.0 Å². The largest absolute Gasteiger partial charge is 0.352 e. The third kappa shape index (κ3) is 4.72. The molecule has 7 nitrogen and oxygen atoms in total. The Bertz CT molecular complexity index is 1360. The Morgan fingerprint density at radius 3 is 2.58 bits per heavy atom. The lowest BCUT2D eigenvalue weighted by Gasteiger charge is -2.28. The topological polar surface area (TPSA) is 75.1 Å². The first-order valence-electron chi connectivity index (χ1n) is 11.9. The number of amides is 1. The van der Waals surface area contributed by atoms with Gasteiger partial charge in [0.25, 0.3) is 0 Å². The highest BCUT2D eigenvalue weighted by atomic mass is 32.1. The van der Waals surface area contributed by atoms with E-state index < -0.39 is 0 Å². The Morgan fingerprint density at radius 2 is 1.86 bits per heavy atom. The second kappa shape index (κ2) is 10.3. The van der Waals surface area contributed by atoms with Gasteiger partial charge in [0.2, 0.25) is 5.91 Å². The van der Waals surface area contributed by atoms with Gasteiger partial charge in [0.1, 0.15) is 0 Å². The summed E-state index contributed by atoms with van der Waals surface area (Å²) in [5, 5.41) is 7.07. The molecule has 0 saturated carbocycles. The van der Waals surface area contributed by atoms with Gasteiger partial charge in [-0.15, -0.1) is 0 Å². The van der Waals surface area contributed by atoms with Crippen molar-refractivity contribution in [2.24, 2.45) is 0 Å². The molecule has 8 heteroatoms. The molecule has 0 aliphatic carbocycles. The lowest BCUT2D eigenvalue weighted by molar-refractivity contribution is -0.116. The van der Waals surface area contributed by atoms with Crippen molar-refractivity contribution < 1.29 is 4.79 Å². The molecule has 4 aromatic rings. The molecule has 1 aromatic carbocycles. The number of anilines is 1. The monoisotopic (exact) mass is 496 g/mol. The summed E-state index contributed by atoms with van der Waals surface area (Å²) in [6.45, 7) is 4.69. The van der Waals surface area contributed by atoms with Crippen molar-refractivity contribution in [1.82, 2.24) is 24.8 Å². The van der Waals surface area contributed by atoms with Crippen molar-refractivity contribution in [2.45, 2.75) is 32.4 Å². The summed E-state index contributed by atoms with van der Waals surface area (Å²) in [5.41, 5.74) is 6.06. The van der Waals surface area contributed by atoms with Gasteiger partial charge in [-0.2, -0.15) is 0 Å². The molecule has 1 saturated heterocycles. The van der Waals surface area contributed by atoms with Gasteiger partial charge in [0.15, 0.2) is 5.11 Å². The van der Waals surface area contributed by atoms with Crippen molar-refractivity contribution in [3.8, 4) is 5.69 Å². The normalized spacial score (nSPS) is 17.2. The van der Waals surface area contributed by atoms with Crippen LogP contribution in [0.3, 0.4) is 0 Å². The maximum absolute atomic E-state index is 12.8. The molecular weight excluding hydrogens is 468 g/mol. The molecular formula is C28H28N6OS. The van der Waals surface area contributed by atoms with Crippen LogP contribution in [0.15, 0.2) is 85.3 Å². The van der Waals surface area contributed by atoms with Crippen LogP contribution in [0.4, 0.5) is 5.69 Å². The average molecular weight is 497 g/mol. The number of para-hydroxylation sites is 1. The van der Waals surface area contributed by atoms with Crippen LogP contribution in [0.1, 0.15) is 41.1 Å². The first-order chi connectivity index (χ1) is 17.5. The molecule has 0 bridgehead atoms. The molecule has 1 amide bonds. The first kappa shape index (κ1) is 23.7. The average Bonchev–Trinajstić information content (AvgIpc) is 3.38. The number of benzene rings is 1. The standard InChI is InChI=1S/C28H28N6OS/c1-19-17-23(20(2)34(19)22-11-8-14-29-18-22)27-26(24-12-6-7-15-30-24)32-28(36)33(27)16-13-25(35)31-21-9-4-3-5-10-21/h3-12,14-15,17-18,26-27H,13,16H2,1-2H3,(H,31,35)(H,32,36)/t26-,27-/m0/s1. The van der Waals surface area contributed by atoms with Crippen LogP contribution in [-0.4, -0.2) is 37.0 Å². The summed E-state index contributed by atoms with van der Waals surface area (Å²) in [6, 6.07) is 21.3. The van der Waals surface area contributed by atoms with Crippen LogP contribution in [0, 0.1) is 13.8 Å². The van der Waals surface area contributed by atoms with E-state index in [4.69, 9.17) is 12.2 Å². The summed E-state index contributed by atoms with van der Waals surface area (Å²) in [5.74, 6) is -0.0510. The zero-order valence-electron chi connectivity index (χ0n) is 20.3. The third-order valence-electron chi connectivity index (χ3n) is 6.53. The number of nitrogens with one attached hydrogen (secondary N) is 2. The molecule has 5 rings (SSSR count). The number of hydrogen-bond donors (Lipinski definition) is 2. The van der Waals surface area contributed by atoms with Crippen LogP contribution >= 0.6 is 12.2 Å². The molecule has 0 radical (unpaired) electrons. The zero-order valence-corrected chi connectivity index (χ0v) is 21.1. The SMILES string of the molecule is Cc1cc([C@H]2[C@H](c3ccccn3)NC(=S)N2CCC(=O)Nc2ccccc2)c(C)n1-c1cccnc1. The molecule has 182 valence electrons. The Balaban J connectivity index is 1.47. The van der Waals surface area contributed by atoms with Crippen LogP contribution in [0.2, 0.25) is 0 Å². The van der Waals surface area contributed by atoms with Gasteiger partial charge in [-0.1, -0.05) is 24.3 Å². The van der Waals surface area contributed by atoms with Crippen LogP contribution in [0.25, 0.3) is 5.69 Å². The third-order valence-corrected chi connectivity index (χ3v) is 6.88. The van der Waals surface area contributed by atoms with E-state index in [0.29, 0.717) is 18.1 Å². The summed E-state index contributed by atoms with van der Waals surface area (Å²) < 4.78 is 2.21. The maximum atomic E-state index is 12.8. The molecule has 36 heavy (non-hydrogen) atoms. The van der Waals surface area contributed by atoms with Gasteiger partial charge in [-0.25, -0.2) is 0 Å². The Labute approximate surface area is 216 Å². The summed E-state index contributed by atoms with van der Waals surface area (Å²) in [6.07, 6.45) is 5.75. The molecule has 4 heterocycles. The highest BCUT2D eigenvalue weighted by Crippen LogP contribution is 2.41. The van der Waals surface area contributed by atoms with Crippen LogP contribution in [-0.2, 0) is 4.79 Å². The molecule has 1 fully saturated rings. The maximum Gasteiger partial charge on any atom is 0.226 e. The van der Waals surface area contributed by atoms with E-state index in [2.05, 4.69) is 56.0 Å². The van der Waals surface area contributed by atoms with Gasteiger partial charge >= 0.3 is 0 Å². The van der Waals surface area contributed by atoms with E-state index >= 15 is 0 Å². The molecule has 1 aliphatic rings. The number of aromatic nitrogens is 3. The first-order valence-corrected chi connectivity index (χ1v) is 12.4. The fourth-order valence-electron chi connectivity index (χ4n) is 4.92. The van der Waals surface area contributed by atoms with Crippen LogP contribution in [0.5, 0.6) is 0 Å². The Kier molecular flexibility index (Phi) is 6.77. The van der Waals surface area contributed by atoms with Crippen molar-refractivity contribution in [3.63, 3.8) is 0 Å². The quantitative estimate of drug-likeness (QED) is 0.355. The molecule has 2 atom stereocenters. The summed E-state index contributed by atoms with van der Waals surface area (Å²) in [7, 11) is 0. The van der Waals surface area contributed by atoms with Crippen molar-refractivity contribution in [3.05, 3.63) is 108 Å². The number of nitrogens with zero attached hydrogens (tertiary/aromatic N) is 4. The lowest BCUT2D eigenvalue weighted by Crippen LogP contribution is -2.32. The predicted molar refractivity (Wildman–Crippen MR) is 145 cm³/mol. The number of rotatable bonds is 7. The van der Waals surface area contributed by atoms with Gasteiger partial charge < -0.3 is 20.1 Å². The van der Waals surface area contributed by atoms with Gasteiger partial charge in [-0.05, 0) is 74.1 Å².